The summed E-state index contributed by atoms with van der Waals surface area (Å²) in [5, 5.41) is 8.73. The highest BCUT2D eigenvalue weighted by atomic mass is 15.3. The molecule has 2 aromatic heterocycles. The van der Waals surface area contributed by atoms with Crippen LogP contribution in [0, 0.1) is 0 Å². The van der Waals surface area contributed by atoms with E-state index in [1.54, 1.807) is 0 Å². The maximum atomic E-state index is 5.21. The first-order valence-electron chi connectivity index (χ1n) is 14.5. The molecule has 8 rings (SSSR count). The standard InChI is InChI=1S/C40H27N3/c1-4-13-28(14-5-1)34-25-37(29-15-6-2-7-16-29)41-38(26-34)32-19-12-20-33(23-32)40-36-24-30-17-10-11-18-31(30)27-39(36)43(42-40)35-21-8-3-9-22-35/h1-27H. The van der Waals surface area contributed by atoms with Gasteiger partial charge >= 0.3 is 0 Å². The van der Waals surface area contributed by atoms with Gasteiger partial charge in [-0.05, 0) is 64.4 Å². The maximum Gasteiger partial charge on any atom is 0.101 e. The van der Waals surface area contributed by atoms with E-state index in [1.165, 1.54) is 16.3 Å². The molecule has 3 heteroatoms. The number of para-hydroxylation sites is 1. The highest BCUT2D eigenvalue weighted by Crippen LogP contribution is 2.36. The van der Waals surface area contributed by atoms with Crippen molar-refractivity contribution in [1.29, 1.82) is 0 Å². The van der Waals surface area contributed by atoms with Gasteiger partial charge in [-0.2, -0.15) is 5.10 Å². The summed E-state index contributed by atoms with van der Waals surface area (Å²) >= 11 is 0. The predicted molar refractivity (Wildman–Crippen MR) is 178 cm³/mol. The molecule has 0 saturated heterocycles. The van der Waals surface area contributed by atoms with E-state index < -0.39 is 0 Å². The Kier molecular flexibility index (Phi) is 6.12. The number of hydrogen-bond acceptors (Lipinski definition) is 2. The Bertz CT molecular complexity index is 2160. The first-order chi connectivity index (χ1) is 21.3. The van der Waals surface area contributed by atoms with Gasteiger partial charge in [-0.3, -0.25) is 0 Å². The van der Waals surface area contributed by atoms with E-state index in [9.17, 15) is 0 Å². The fourth-order valence-electron chi connectivity index (χ4n) is 5.84. The van der Waals surface area contributed by atoms with Crippen molar-refractivity contribution in [2.24, 2.45) is 0 Å². The molecule has 0 aliphatic heterocycles. The molecule has 0 aliphatic carbocycles. The molecule has 0 fully saturated rings. The van der Waals surface area contributed by atoms with Gasteiger partial charge < -0.3 is 0 Å². The van der Waals surface area contributed by atoms with Crippen molar-refractivity contribution in [3.8, 4) is 50.6 Å². The van der Waals surface area contributed by atoms with Crippen molar-refractivity contribution < 1.29 is 0 Å². The zero-order chi connectivity index (χ0) is 28.6. The molecule has 2 heterocycles. The lowest BCUT2D eigenvalue weighted by Crippen LogP contribution is -1.96. The lowest BCUT2D eigenvalue weighted by atomic mass is 9.98. The summed E-state index contributed by atoms with van der Waals surface area (Å²) in [6, 6.07) is 57.2. The Balaban J connectivity index is 1.32. The molecule has 0 aliphatic rings. The minimum Gasteiger partial charge on any atom is -0.248 e. The van der Waals surface area contributed by atoms with Crippen LogP contribution in [0.25, 0.3) is 72.3 Å². The van der Waals surface area contributed by atoms with Crippen LogP contribution < -0.4 is 0 Å². The molecular weight excluding hydrogens is 522 g/mol. The van der Waals surface area contributed by atoms with E-state index in [4.69, 9.17) is 10.1 Å². The highest BCUT2D eigenvalue weighted by Gasteiger charge is 2.16. The van der Waals surface area contributed by atoms with E-state index in [-0.39, 0.29) is 0 Å². The quantitative estimate of drug-likeness (QED) is 0.214. The molecule has 202 valence electrons. The van der Waals surface area contributed by atoms with Crippen molar-refractivity contribution in [2.75, 3.05) is 0 Å². The first kappa shape index (κ1) is 25.0. The Morgan fingerprint density at radius 3 is 1.67 bits per heavy atom. The van der Waals surface area contributed by atoms with Crippen molar-refractivity contribution in [3.63, 3.8) is 0 Å². The van der Waals surface area contributed by atoms with Crippen molar-refractivity contribution >= 4 is 21.7 Å². The third-order valence-corrected chi connectivity index (χ3v) is 7.98. The van der Waals surface area contributed by atoms with Gasteiger partial charge in [0.05, 0.1) is 22.6 Å². The van der Waals surface area contributed by atoms with E-state index in [0.29, 0.717) is 0 Å². The summed E-state index contributed by atoms with van der Waals surface area (Å²) in [5.74, 6) is 0. The minimum atomic E-state index is 0.930. The van der Waals surface area contributed by atoms with E-state index in [0.717, 1.165) is 55.9 Å². The molecule has 43 heavy (non-hydrogen) atoms. The van der Waals surface area contributed by atoms with Crippen LogP contribution >= 0.6 is 0 Å². The average Bonchev–Trinajstić information content (AvgIpc) is 3.46. The van der Waals surface area contributed by atoms with Gasteiger partial charge in [-0.25, -0.2) is 9.67 Å². The molecule has 3 nitrogen and oxygen atoms in total. The Hall–Kier alpha value is -5.80. The molecule has 0 amide bonds. The lowest BCUT2D eigenvalue weighted by molar-refractivity contribution is 0.915. The largest absolute Gasteiger partial charge is 0.248 e. The third kappa shape index (κ3) is 4.67. The van der Waals surface area contributed by atoms with E-state index in [1.807, 2.05) is 12.1 Å². The van der Waals surface area contributed by atoms with E-state index >= 15 is 0 Å². The second-order valence-electron chi connectivity index (χ2n) is 10.8. The molecule has 0 atom stereocenters. The highest BCUT2D eigenvalue weighted by molar-refractivity contribution is 6.03. The van der Waals surface area contributed by atoms with Gasteiger partial charge in [0.1, 0.15) is 5.69 Å². The Labute approximate surface area is 250 Å². The molecule has 0 bridgehead atoms. The molecule has 0 saturated carbocycles. The van der Waals surface area contributed by atoms with Gasteiger partial charge in [0.25, 0.3) is 0 Å². The third-order valence-electron chi connectivity index (χ3n) is 7.98. The molecule has 8 aromatic rings. The second-order valence-corrected chi connectivity index (χ2v) is 10.8. The van der Waals surface area contributed by atoms with Gasteiger partial charge in [-0.15, -0.1) is 0 Å². The molecule has 0 radical (unpaired) electrons. The molecule has 0 unspecified atom stereocenters. The Morgan fingerprint density at radius 2 is 0.953 bits per heavy atom. The Morgan fingerprint density at radius 1 is 0.395 bits per heavy atom. The second kappa shape index (κ2) is 10.6. The normalized spacial score (nSPS) is 11.3. The summed E-state index contributed by atoms with van der Waals surface area (Å²) in [7, 11) is 0. The van der Waals surface area contributed by atoms with Crippen LogP contribution in [-0.2, 0) is 0 Å². The van der Waals surface area contributed by atoms with Crippen LogP contribution in [0.1, 0.15) is 0 Å². The van der Waals surface area contributed by atoms with Crippen LogP contribution in [-0.4, -0.2) is 14.8 Å². The zero-order valence-corrected chi connectivity index (χ0v) is 23.4. The lowest BCUT2D eigenvalue weighted by Gasteiger charge is -2.11. The number of hydrogen-bond donors (Lipinski definition) is 0. The summed E-state index contributed by atoms with van der Waals surface area (Å²) in [6.45, 7) is 0. The van der Waals surface area contributed by atoms with Crippen LogP contribution in [0.5, 0.6) is 0 Å². The SMILES string of the molecule is c1ccc(-c2cc(-c3ccccc3)nc(-c3cccc(-c4nn(-c5ccccc5)c5cc6ccccc6cc45)c3)c2)cc1. The van der Waals surface area contributed by atoms with Crippen molar-refractivity contribution in [2.45, 2.75) is 0 Å². The van der Waals surface area contributed by atoms with E-state index in [2.05, 4.69) is 156 Å². The fourth-order valence-corrected chi connectivity index (χ4v) is 5.84. The topological polar surface area (TPSA) is 30.7 Å². The fraction of sp³-hybridized carbons (Fsp3) is 0. The molecule has 6 aromatic carbocycles. The number of nitrogens with zero attached hydrogens (tertiary/aromatic N) is 3. The van der Waals surface area contributed by atoms with Crippen molar-refractivity contribution in [1.82, 2.24) is 14.8 Å². The van der Waals surface area contributed by atoms with Gasteiger partial charge in [-0.1, -0.05) is 121 Å². The van der Waals surface area contributed by atoms with Gasteiger partial charge in [0.2, 0.25) is 0 Å². The van der Waals surface area contributed by atoms with Crippen LogP contribution in [0.3, 0.4) is 0 Å². The number of benzene rings is 6. The number of rotatable bonds is 5. The summed E-state index contributed by atoms with van der Waals surface area (Å²) in [5.41, 5.74) is 10.5. The minimum absolute atomic E-state index is 0.930. The number of pyridine rings is 1. The smallest absolute Gasteiger partial charge is 0.101 e. The summed E-state index contributed by atoms with van der Waals surface area (Å²) in [4.78, 5) is 5.16. The maximum absolute atomic E-state index is 5.21. The number of fused-ring (bicyclic) bond motifs is 2. The summed E-state index contributed by atoms with van der Waals surface area (Å²) < 4.78 is 2.06. The van der Waals surface area contributed by atoms with Crippen LogP contribution in [0.4, 0.5) is 0 Å². The van der Waals surface area contributed by atoms with Gasteiger partial charge in [0.15, 0.2) is 0 Å². The zero-order valence-electron chi connectivity index (χ0n) is 23.4. The summed E-state index contributed by atoms with van der Waals surface area (Å²) in [6.07, 6.45) is 0. The van der Waals surface area contributed by atoms with Crippen molar-refractivity contribution in [3.05, 3.63) is 164 Å². The average molecular weight is 550 g/mol. The van der Waals surface area contributed by atoms with Crippen LogP contribution in [0.2, 0.25) is 0 Å². The molecule has 0 spiro atoms. The van der Waals surface area contributed by atoms with Gasteiger partial charge in [0, 0.05) is 22.1 Å². The first-order valence-corrected chi connectivity index (χ1v) is 14.5. The molecular formula is C40H27N3. The predicted octanol–water partition coefficient (Wildman–Crippen LogP) is 10.2. The monoisotopic (exact) mass is 549 g/mol. The molecule has 0 N–H and O–H groups in total. The number of aromatic nitrogens is 3. The van der Waals surface area contributed by atoms with Crippen LogP contribution in [0.15, 0.2) is 164 Å².